The second-order valence-electron chi connectivity index (χ2n) is 6.02. The molecule has 1 amide bonds. The number of aryl methyl sites for hydroxylation is 1. The molecule has 1 atom stereocenters. The highest BCUT2D eigenvalue weighted by molar-refractivity contribution is 5.79. The first-order valence-electron chi connectivity index (χ1n) is 7.27. The largest absolute Gasteiger partial charge is 0.481 e. The van der Waals surface area contributed by atoms with Crippen molar-refractivity contribution in [2.24, 2.45) is 5.41 Å². The molecular formula is C16H19F2NO3. The molecule has 4 nitrogen and oxygen atoms in total. The molecule has 0 spiro atoms. The second-order valence-corrected chi connectivity index (χ2v) is 6.02. The summed E-state index contributed by atoms with van der Waals surface area (Å²) in [6.45, 7) is 2.29. The van der Waals surface area contributed by atoms with E-state index in [2.05, 4.69) is 0 Å². The van der Waals surface area contributed by atoms with Crippen LogP contribution in [0.5, 0.6) is 0 Å². The molecule has 0 saturated carbocycles. The molecule has 1 N–H and O–H groups in total. The number of carbonyl (C=O) groups excluding carboxylic acids is 1. The predicted molar refractivity (Wildman–Crippen MR) is 76.2 cm³/mol. The van der Waals surface area contributed by atoms with Crippen molar-refractivity contribution in [3.8, 4) is 0 Å². The Balaban J connectivity index is 1.97. The van der Waals surface area contributed by atoms with E-state index in [-0.39, 0.29) is 30.9 Å². The highest BCUT2D eigenvalue weighted by atomic mass is 19.1. The zero-order valence-corrected chi connectivity index (χ0v) is 12.4. The zero-order chi connectivity index (χ0) is 16.3. The number of hydrogen-bond acceptors (Lipinski definition) is 2. The Hall–Kier alpha value is -1.98. The van der Waals surface area contributed by atoms with Gasteiger partial charge in [-0.2, -0.15) is 0 Å². The molecule has 2 rings (SSSR count). The van der Waals surface area contributed by atoms with Gasteiger partial charge in [-0.25, -0.2) is 8.78 Å². The zero-order valence-electron chi connectivity index (χ0n) is 12.4. The van der Waals surface area contributed by atoms with E-state index in [4.69, 9.17) is 0 Å². The molecular weight excluding hydrogens is 292 g/mol. The van der Waals surface area contributed by atoms with Gasteiger partial charge in [0.1, 0.15) is 11.6 Å². The van der Waals surface area contributed by atoms with Gasteiger partial charge < -0.3 is 10.0 Å². The molecule has 22 heavy (non-hydrogen) atoms. The number of carboxylic acids is 1. The summed E-state index contributed by atoms with van der Waals surface area (Å²) in [4.78, 5) is 25.0. The minimum atomic E-state index is -0.933. The molecule has 1 heterocycles. The van der Waals surface area contributed by atoms with Crippen LogP contribution in [-0.4, -0.2) is 35.0 Å². The summed E-state index contributed by atoms with van der Waals surface area (Å²) in [5.74, 6) is -2.22. The van der Waals surface area contributed by atoms with Crippen molar-refractivity contribution in [3.05, 3.63) is 35.4 Å². The average molecular weight is 311 g/mol. The molecule has 1 aromatic rings. The minimum absolute atomic E-state index is 0.0378. The van der Waals surface area contributed by atoms with Gasteiger partial charge >= 0.3 is 5.97 Å². The minimum Gasteiger partial charge on any atom is -0.481 e. The first-order valence-corrected chi connectivity index (χ1v) is 7.27. The molecule has 1 fully saturated rings. The maximum atomic E-state index is 13.5. The van der Waals surface area contributed by atoms with Crippen molar-refractivity contribution in [1.29, 1.82) is 0 Å². The van der Waals surface area contributed by atoms with Crippen LogP contribution >= 0.6 is 0 Å². The Morgan fingerprint density at radius 2 is 2.09 bits per heavy atom. The van der Waals surface area contributed by atoms with Gasteiger partial charge in [0, 0.05) is 19.5 Å². The third kappa shape index (κ3) is 3.61. The number of carbonyl (C=O) groups is 2. The molecule has 0 radical (unpaired) electrons. The summed E-state index contributed by atoms with van der Waals surface area (Å²) in [6.07, 6.45) is 1.30. The Kier molecular flexibility index (Phi) is 4.78. The van der Waals surface area contributed by atoms with E-state index in [0.717, 1.165) is 18.2 Å². The average Bonchev–Trinajstić information content (AvgIpc) is 2.47. The number of halogens is 2. The maximum absolute atomic E-state index is 13.5. The fraction of sp³-hybridized carbons (Fsp3) is 0.500. The number of rotatable bonds is 4. The van der Waals surface area contributed by atoms with E-state index < -0.39 is 23.0 Å². The highest BCUT2D eigenvalue weighted by Gasteiger charge is 2.39. The van der Waals surface area contributed by atoms with Gasteiger partial charge in [-0.3, -0.25) is 9.59 Å². The molecule has 0 bridgehead atoms. The summed E-state index contributed by atoms with van der Waals surface area (Å²) < 4.78 is 26.6. The lowest BCUT2D eigenvalue weighted by Gasteiger charge is -2.37. The van der Waals surface area contributed by atoms with Crippen LogP contribution in [0.4, 0.5) is 8.78 Å². The van der Waals surface area contributed by atoms with Crippen LogP contribution < -0.4 is 0 Å². The van der Waals surface area contributed by atoms with Gasteiger partial charge in [0.2, 0.25) is 5.91 Å². The Bertz CT molecular complexity index is 591. The van der Waals surface area contributed by atoms with Gasteiger partial charge in [-0.15, -0.1) is 0 Å². The number of amides is 1. The van der Waals surface area contributed by atoms with Gasteiger partial charge in [0.25, 0.3) is 0 Å². The van der Waals surface area contributed by atoms with Crippen LogP contribution in [0.25, 0.3) is 0 Å². The lowest BCUT2D eigenvalue weighted by Crippen LogP contribution is -2.48. The number of benzene rings is 1. The maximum Gasteiger partial charge on any atom is 0.311 e. The highest BCUT2D eigenvalue weighted by Crippen LogP contribution is 2.30. The third-order valence-corrected chi connectivity index (χ3v) is 4.18. The molecule has 6 heteroatoms. The van der Waals surface area contributed by atoms with Gasteiger partial charge in [0.05, 0.1) is 5.41 Å². The summed E-state index contributed by atoms with van der Waals surface area (Å²) in [7, 11) is 0. The Labute approximate surface area is 127 Å². The molecule has 1 aliphatic heterocycles. The van der Waals surface area contributed by atoms with Crippen LogP contribution in [0.3, 0.4) is 0 Å². The Morgan fingerprint density at radius 3 is 2.77 bits per heavy atom. The molecule has 120 valence electrons. The number of carboxylic acid groups (broad SMARTS) is 1. The quantitative estimate of drug-likeness (QED) is 0.930. The summed E-state index contributed by atoms with van der Waals surface area (Å²) in [5.41, 5.74) is -0.774. The normalized spacial score (nSPS) is 21.7. The van der Waals surface area contributed by atoms with Crippen molar-refractivity contribution in [1.82, 2.24) is 4.90 Å². The molecule has 0 aromatic heterocycles. The van der Waals surface area contributed by atoms with Crippen LogP contribution in [0.15, 0.2) is 18.2 Å². The molecule has 0 aliphatic carbocycles. The van der Waals surface area contributed by atoms with Gasteiger partial charge in [-0.05, 0) is 49.9 Å². The van der Waals surface area contributed by atoms with Crippen LogP contribution in [-0.2, 0) is 16.0 Å². The molecule has 1 aromatic carbocycles. The van der Waals surface area contributed by atoms with Crippen LogP contribution in [0, 0.1) is 17.0 Å². The third-order valence-electron chi connectivity index (χ3n) is 4.18. The lowest BCUT2D eigenvalue weighted by atomic mass is 9.82. The number of piperidine rings is 1. The van der Waals surface area contributed by atoms with Gasteiger partial charge in [-0.1, -0.05) is 0 Å². The summed E-state index contributed by atoms with van der Waals surface area (Å²) >= 11 is 0. The SMILES string of the molecule is CC1(C(=O)O)CCCN(C(=O)CCc2cc(F)ccc2F)C1. The molecule has 1 aliphatic rings. The fourth-order valence-electron chi connectivity index (χ4n) is 2.76. The van der Waals surface area contributed by atoms with Gasteiger partial charge in [0.15, 0.2) is 0 Å². The van der Waals surface area contributed by atoms with E-state index in [1.807, 2.05) is 0 Å². The Morgan fingerprint density at radius 1 is 1.36 bits per heavy atom. The predicted octanol–water partition coefficient (Wildman–Crippen LogP) is 2.61. The number of nitrogens with zero attached hydrogens (tertiary/aromatic N) is 1. The molecule has 1 saturated heterocycles. The van der Waals surface area contributed by atoms with Crippen molar-refractivity contribution >= 4 is 11.9 Å². The van der Waals surface area contributed by atoms with E-state index >= 15 is 0 Å². The van der Waals surface area contributed by atoms with Crippen molar-refractivity contribution in [3.63, 3.8) is 0 Å². The van der Waals surface area contributed by atoms with E-state index in [1.165, 1.54) is 4.90 Å². The number of aliphatic carboxylic acids is 1. The van der Waals surface area contributed by atoms with E-state index in [0.29, 0.717) is 19.4 Å². The van der Waals surface area contributed by atoms with Crippen LogP contribution in [0.2, 0.25) is 0 Å². The molecule has 1 unspecified atom stereocenters. The standard InChI is InChI=1S/C16H19F2NO3/c1-16(15(21)22)7-2-8-19(10-16)14(20)6-3-11-9-12(17)4-5-13(11)18/h4-5,9H,2-3,6-8,10H2,1H3,(H,21,22). The summed E-state index contributed by atoms with van der Waals surface area (Å²) in [6, 6.07) is 3.15. The first kappa shape index (κ1) is 16.4. The first-order chi connectivity index (χ1) is 10.3. The van der Waals surface area contributed by atoms with Crippen molar-refractivity contribution in [2.45, 2.75) is 32.6 Å². The van der Waals surface area contributed by atoms with Crippen molar-refractivity contribution < 1.29 is 23.5 Å². The lowest BCUT2D eigenvalue weighted by molar-refractivity contribution is -0.153. The topological polar surface area (TPSA) is 57.6 Å². The van der Waals surface area contributed by atoms with E-state index in [9.17, 15) is 23.5 Å². The van der Waals surface area contributed by atoms with Crippen LogP contribution in [0.1, 0.15) is 31.7 Å². The number of hydrogen-bond donors (Lipinski definition) is 1. The second kappa shape index (κ2) is 6.42. The number of likely N-dealkylation sites (tertiary alicyclic amines) is 1. The smallest absolute Gasteiger partial charge is 0.311 e. The monoisotopic (exact) mass is 311 g/mol. The summed E-state index contributed by atoms with van der Waals surface area (Å²) in [5, 5.41) is 9.24. The van der Waals surface area contributed by atoms with E-state index in [1.54, 1.807) is 6.92 Å². The van der Waals surface area contributed by atoms with Crippen molar-refractivity contribution in [2.75, 3.05) is 13.1 Å². The fourth-order valence-corrected chi connectivity index (χ4v) is 2.76.